The molecule has 3 nitrogen and oxygen atoms in total. The largest absolute Gasteiger partial charge is 0.396 e. The maximum Gasteiger partial charge on any atom is 0.219 e. The van der Waals surface area contributed by atoms with Gasteiger partial charge in [0, 0.05) is 37.8 Å². The Morgan fingerprint density at radius 3 is 2.64 bits per heavy atom. The fourth-order valence-electron chi connectivity index (χ4n) is 1.29. The molecule has 0 saturated carbocycles. The lowest BCUT2D eigenvalue weighted by Crippen LogP contribution is -2.26. The number of thiol groups is 1. The summed E-state index contributed by atoms with van der Waals surface area (Å²) in [5.74, 6) is 0.224. The Hall–Kier alpha value is -0.220. The van der Waals surface area contributed by atoms with Crippen molar-refractivity contribution in [2.24, 2.45) is 5.92 Å². The van der Waals surface area contributed by atoms with Gasteiger partial charge in [-0.25, -0.2) is 0 Å². The van der Waals surface area contributed by atoms with Gasteiger partial charge in [0.05, 0.1) is 0 Å². The molecule has 0 aromatic rings. The van der Waals surface area contributed by atoms with E-state index >= 15 is 0 Å². The van der Waals surface area contributed by atoms with Crippen LogP contribution in [0, 0.1) is 5.92 Å². The number of amides is 1. The molecule has 1 N–H and O–H groups in total. The van der Waals surface area contributed by atoms with E-state index in [0.29, 0.717) is 13.1 Å². The second-order valence-corrected chi connectivity index (χ2v) is 3.60. The van der Waals surface area contributed by atoms with Gasteiger partial charge < -0.3 is 10.0 Å². The normalized spacial score (nSPS) is 31.0. The van der Waals surface area contributed by atoms with Crippen molar-refractivity contribution in [1.82, 2.24) is 4.90 Å². The van der Waals surface area contributed by atoms with Gasteiger partial charge >= 0.3 is 0 Å². The highest BCUT2D eigenvalue weighted by Gasteiger charge is 2.30. The summed E-state index contributed by atoms with van der Waals surface area (Å²) in [6, 6.07) is 0. The first-order valence-corrected chi connectivity index (χ1v) is 4.21. The van der Waals surface area contributed by atoms with Crippen LogP contribution in [-0.2, 0) is 4.79 Å². The molecule has 0 aromatic heterocycles. The van der Waals surface area contributed by atoms with Crippen LogP contribution in [0.4, 0.5) is 0 Å². The van der Waals surface area contributed by atoms with E-state index in [2.05, 4.69) is 12.6 Å². The zero-order chi connectivity index (χ0) is 8.43. The zero-order valence-corrected chi connectivity index (χ0v) is 7.42. The lowest BCUT2D eigenvalue weighted by atomic mass is 10.1. The minimum atomic E-state index is 0.0694. The number of carbonyl (C=O) groups excluding carboxylic acids is 1. The van der Waals surface area contributed by atoms with Gasteiger partial charge in [0.25, 0.3) is 0 Å². The molecule has 1 rings (SSSR count). The predicted molar refractivity (Wildman–Crippen MR) is 45.6 cm³/mol. The summed E-state index contributed by atoms with van der Waals surface area (Å²) >= 11 is 4.27. The first kappa shape index (κ1) is 8.87. The van der Waals surface area contributed by atoms with Gasteiger partial charge in [-0.1, -0.05) is 0 Å². The molecule has 0 aliphatic carbocycles. The fourth-order valence-corrected chi connectivity index (χ4v) is 1.68. The molecule has 1 saturated heterocycles. The number of rotatable bonds is 1. The monoisotopic (exact) mass is 175 g/mol. The van der Waals surface area contributed by atoms with Gasteiger partial charge in [-0.15, -0.1) is 0 Å². The second kappa shape index (κ2) is 3.45. The minimum Gasteiger partial charge on any atom is -0.396 e. The van der Waals surface area contributed by atoms with Crippen molar-refractivity contribution in [3.63, 3.8) is 0 Å². The van der Waals surface area contributed by atoms with E-state index in [4.69, 9.17) is 5.11 Å². The molecule has 1 amide bonds. The number of aliphatic hydroxyl groups excluding tert-OH is 1. The lowest BCUT2D eigenvalue weighted by molar-refractivity contribution is -0.127. The molecule has 11 heavy (non-hydrogen) atoms. The van der Waals surface area contributed by atoms with Crippen LogP contribution in [0.1, 0.15) is 6.92 Å². The van der Waals surface area contributed by atoms with Crippen molar-refractivity contribution in [1.29, 1.82) is 0 Å². The van der Waals surface area contributed by atoms with Crippen LogP contribution in [0.2, 0.25) is 0 Å². The zero-order valence-electron chi connectivity index (χ0n) is 6.53. The van der Waals surface area contributed by atoms with Crippen LogP contribution < -0.4 is 0 Å². The van der Waals surface area contributed by atoms with E-state index in [1.165, 1.54) is 0 Å². The van der Waals surface area contributed by atoms with Gasteiger partial charge in [-0.2, -0.15) is 12.6 Å². The number of nitrogens with zero attached hydrogens (tertiary/aromatic N) is 1. The molecule has 2 unspecified atom stereocenters. The predicted octanol–water partition coefficient (Wildman–Crippen LogP) is -0.245. The first-order valence-electron chi connectivity index (χ1n) is 3.69. The maximum absolute atomic E-state index is 10.9. The molecular formula is C7H13NO2S. The van der Waals surface area contributed by atoms with Gasteiger partial charge in [-0.05, 0) is 0 Å². The average Bonchev–Trinajstić information content (AvgIpc) is 2.31. The van der Waals surface area contributed by atoms with Crippen molar-refractivity contribution >= 4 is 18.5 Å². The highest BCUT2D eigenvalue weighted by Crippen LogP contribution is 2.20. The van der Waals surface area contributed by atoms with E-state index in [9.17, 15) is 4.79 Å². The Labute approximate surface area is 71.8 Å². The van der Waals surface area contributed by atoms with E-state index in [1.807, 2.05) is 0 Å². The maximum atomic E-state index is 10.9. The summed E-state index contributed by atoms with van der Waals surface area (Å²) in [4.78, 5) is 12.6. The third kappa shape index (κ3) is 1.87. The van der Waals surface area contributed by atoms with Crippen LogP contribution in [-0.4, -0.2) is 40.9 Å². The lowest BCUT2D eigenvalue weighted by Gasteiger charge is -2.11. The van der Waals surface area contributed by atoms with Crippen molar-refractivity contribution in [3.8, 4) is 0 Å². The van der Waals surface area contributed by atoms with Crippen LogP contribution in [0.25, 0.3) is 0 Å². The smallest absolute Gasteiger partial charge is 0.219 e. The highest BCUT2D eigenvalue weighted by molar-refractivity contribution is 7.81. The minimum absolute atomic E-state index is 0.0694. The number of aliphatic hydroxyl groups is 1. The number of hydrogen-bond donors (Lipinski definition) is 2. The van der Waals surface area contributed by atoms with E-state index < -0.39 is 0 Å². The van der Waals surface area contributed by atoms with E-state index in [0.717, 1.165) is 0 Å². The molecule has 0 radical (unpaired) electrons. The van der Waals surface area contributed by atoms with Gasteiger partial charge in [0.1, 0.15) is 0 Å². The summed E-state index contributed by atoms with van der Waals surface area (Å²) in [7, 11) is 0. The van der Waals surface area contributed by atoms with Crippen LogP contribution in [0.3, 0.4) is 0 Å². The molecular weight excluding hydrogens is 162 g/mol. The summed E-state index contributed by atoms with van der Waals surface area (Å²) in [6.45, 7) is 2.99. The summed E-state index contributed by atoms with van der Waals surface area (Å²) in [5, 5.41) is 8.99. The van der Waals surface area contributed by atoms with Crippen molar-refractivity contribution in [3.05, 3.63) is 0 Å². The number of likely N-dealkylation sites (tertiary alicyclic amines) is 1. The first-order chi connectivity index (χ1) is 5.15. The van der Waals surface area contributed by atoms with Gasteiger partial charge in [0.15, 0.2) is 0 Å². The van der Waals surface area contributed by atoms with E-state index in [-0.39, 0.29) is 23.7 Å². The third-order valence-electron chi connectivity index (χ3n) is 2.09. The van der Waals surface area contributed by atoms with Crippen LogP contribution in [0.15, 0.2) is 0 Å². The Bertz CT molecular complexity index is 163. The number of carbonyl (C=O) groups is 1. The summed E-state index contributed by atoms with van der Waals surface area (Å²) in [5.41, 5.74) is 0. The Kier molecular flexibility index (Phi) is 2.78. The SMILES string of the molecule is CC(=O)N1CC(S)C(CO)C1. The molecule has 0 bridgehead atoms. The van der Waals surface area contributed by atoms with Gasteiger partial charge in [-0.3, -0.25) is 4.79 Å². The summed E-state index contributed by atoms with van der Waals surface area (Å²) in [6.07, 6.45) is 0. The molecule has 1 heterocycles. The Morgan fingerprint density at radius 2 is 2.36 bits per heavy atom. The topological polar surface area (TPSA) is 40.5 Å². The number of hydrogen-bond acceptors (Lipinski definition) is 3. The van der Waals surface area contributed by atoms with Crippen molar-refractivity contribution in [2.45, 2.75) is 12.2 Å². The van der Waals surface area contributed by atoms with Crippen LogP contribution >= 0.6 is 12.6 Å². The molecule has 1 fully saturated rings. The quantitative estimate of drug-likeness (QED) is 0.540. The van der Waals surface area contributed by atoms with Crippen molar-refractivity contribution < 1.29 is 9.90 Å². The molecule has 1 aliphatic rings. The third-order valence-corrected chi connectivity index (χ3v) is 2.67. The molecule has 4 heteroatoms. The van der Waals surface area contributed by atoms with Crippen LogP contribution in [0.5, 0.6) is 0 Å². The Morgan fingerprint density at radius 1 is 1.73 bits per heavy atom. The van der Waals surface area contributed by atoms with Crippen molar-refractivity contribution in [2.75, 3.05) is 19.7 Å². The van der Waals surface area contributed by atoms with Gasteiger partial charge in [0.2, 0.25) is 5.91 Å². The molecule has 1 aliphatic heterocycles. The fraction of sp³-hybridized carbons (Fsp3) is 0.857. The standard InChI is InChI=1S/C7H13NO2S/c1-5(10)8-2-6(4-9)7(11)3-8/h6-7,9,11H,2-4H2,1H3. The molecule has 2 atom stereocenters. The molecule has 0 spiro atoms. The Balaban J connectivity index is 2.49. The summed E-state index contributed by atoms with van der Waals surface area (Å²) < 4.78 is 0. The molecule has 0 aromatic carbocycles. The second-order valence-electron chi connectivity index (χ2n) is 2.93. The highest BCUT2D eigenvalue weighted by atomic mass is 32.1. The van der Waals surface area contributed by atoms with E-state index in [1.54, 1.807) is 11.8 Å². The molecule has 64 valence electrons. The average molecular weight is 175 g/mol.